The van der Waals surface area contributed by atoms with E-state index in [1.807, 2.05) is 0 Å². The zero-order chi connectivity index (χ0) is 14.8. The number of nitrogens with zero attached hydrogens (tertiary/aromatic N) is 1. The molecule has 2 aromatic rings. The summed E-state index contributed by atoms with van der Waals surface area (Å²) in [4.78, 5) is 24.5. The van der Waals surface area contributed by atoms with Crippen LogP contribution in [0.3, 0.4) is 0 Å². The minimum absolute atomic E-state index is 0.161. The second-order valence-corrected chi connectivity index (χ2v) is 5.38. The van der Waals surface area contributed by atoms with Gasteiger partial charge in [-0.1, -0.05) is 25.0 Å². The number of aromatic amines is 1. The Morgan fingerprint density at radius 3 is 2.86 bits per heavy atom. The SMILES string of the molecule is O=C(NC1CCCCC1O)c1n[nH]c2ccccc2c1=O. The van der Waals surface area contributed by atoms with Gasteiger partial charge >= 0.3 is 0 Å². The van der Waals surface area contributed by atoms with E-state index in [4.69, 9.17) is 0 Å². The molecule has 3 N–H and O–H groups in total. The lowest BCUT2D eigenvalue weighted by atomic mass is 9.92. The second kappa shape index (κ2) is 5.65. The van der Waals surface area contributed by atoms with Crippen molar-refractivity contribution in [2.24, 2.45) is 0 Å². The first kappa shape index (κ1) is 13.8. The molecule has 1 heterocycles. The number of H-pyrrole nitrogens is 1. The smallest absolute Gasteiger partial charge is 0.276 e. The molecule has 0 aliphatic heterocycles. The molecule has 3 rings (SSSR count). The largest absolute Gasteiger partial charge is 0.391 e. The lowest BCUT2D eigenvalue weighted by molar-refractivity contribution is 0.0712. The molecular weight excluding hydrogens is 270 g/mol. The topological polar surface area (TPSA) is 95.1 Å². The van der Waals surface area contributed by atoms with Crippen molar-refractivity contribution in [3.63, 3.8) is 0 Å². The summed E-state index contributed by atoms with van der Waals surface area (Å²) < 4.78 is 0. The minimum atomic E-state index is -0.553. The molecule has 1 aliphatic rings. The molecule has 1 fully saturated rings. The Labute approximate surface area is 121 Å². The van der Waals surface area contributed by atoms with E-state index in [0.717, 1.165) is 19.3 Å². The monoisotopic (exact) mass is 287 g/mol. The van der Waals surface area contributed by atoms with E-state index in [2.05, 4.69) is 15.5 Å². The lowest BCUT2D eigenvalue weighted by Crippen LogP contribution is -2.46. The van der Waals surface area contributed by atoms with Crippen LogP contribution in [0.4, 0.5) is 0 Å². The van der Waals surface area contributed by atoms with Gasteiger partial charge in [-0.15, -0.1) is 0 Å². The van der Waals surface area contributed by atoms with Gasteiger partial charge in [0.15, 0.2) is 5.69 Å². The second-order valence-electron chi connectivity index (χ2n) is 5.38. The van der Waals surface area contributed by atoms with Gasteiger partial charge in [-0.2, -0.15) is 5.10 Å². The van der Waals surface area contributed by atoms with Crippen LogP contribution in [0.2, 0.25) is 0 Å². The van der Waals surface area contributed by atoms with Gasteiger partial charge in [-0.05, 0) is 25.0 Å². The molecule has 1 aromatic heterocycles. The van der Waals surface area contributed by atoms with Crippen molar-refractivity contribution in [1.29, 1.82) is 0 Å². The number of rotatable bonds is 2. The summed E-state index contributed by atoms with van der Waals surface area (Å²) in [5.41, 5.74) is 0.0374. The van der Waals surface area contributed by atoms with Crippen LogP contribution in [-0.4, -0.2) is 33.4 Å². The van der Waals surface area contributed by atoms with Crippen molar-refractivity contribution in [3.8, 4) is 0 Å². The number of aliphatic hydroxyl groups is 1. The Morgan fingerprint density at radius 1 is 1.29 bits per heavy atom. The molecule has 0 radical (unpaired) electrons. The van der Waals surface area contributed by atoms with Gasteiger partial charge in [0.25, 0.3) is 5.91 Å². The molecular formula is C15H17N3O3. The van der Waals surface area contributed by atoms with Crippen molar-refractivity contribution in [2.75, 3.05) is 0 Å². The van der Waals surface area contributed by atoms with E-state index in [0.29, 0.717) is 17.3 Å². The molecule has 110 valence electrons. The third-order valence-electron chi connectivity index (χ3n) is 3.94. The number of fused-ring (bicyclic) bond motifs is 1. The maximum atomic E-state index is 12.3. The molecule has 1 amide bonds. The van der Waals surface area contributed by atoms with Gasteiger partial charge in [-0.25, -0.2) is 0 Å². The maximum absolute atomic E-state index is 12.3. The summed E-state index contributed by atoms with van der Waals surface area (Å²) in [6, 6.07) is 6.61. The Morgan fingerprint density at radius 2 is 2.05 bits per heavy atom. The standard InChI is InChI=1S/C15H17N3O3/c19-12-8-4-3-7-11(12)16-15(21)13-14(20)9-5-1-2-6-10(9)17-18-13/h1-2,5-6,11-12,19H,3-4,7-8H2,(H,16,21)(H,17,20). The summed E-state index contributed by atoms with van der Waals surface area (Å²) >= 11 is 0. The van der Waals surface area contributed by atoms with E-state index in [-0.39, 0.29) is 11.7 Å². The van der Waals surface area contributed by atoms with Crippen LogP contribution in [0.5, 0.6) is 0 Å². The number of hydrogen-bond donors (Lipinski definition) is 3. The molecule has 21 heavy (non-hydrogen) atoms. The molecule has 2 atom stereocenters. The number of amides is 1. The number of carbonyl (C=O) groups is 1. The van der Waals surface area contributed by atoms with Crippen molar-refractivity contribution in [2.45, 2.75) is 37.8 Å². The summed E-state index contributed by atoms with van der Waals surface area (Å²) in [6.45, 7) is 0. The predicted molar refractivity (Wildman–Crippen MR) is 78.1 cm³/mol. The van der Waals surface area contributed by atoms with E-state index in [1.54, 1.807) is 24.3 Å². The van der Waals surface area contributed by atoms with Gasteiger partial charge in [0, 0.05) is 5.39 Å². The Balaban J connectivity index is 1.88. The highest BCUT2D eigenvalue weighted by molar-refractivity contribution is 5.95. The first-order chi connectivity index (χ1) is 10.2. The molecule has 1 saturated carbocycles. The Kier molecular flexibility index (Phi) is 3.70. The number of aliphatic hydroxyl groups excluding tert-OH is 1. The third-order valence-corrected chi connectivity index (χ3v) is 3.94. The van der Waals surface area contributed by atoms with Crippen molar-refractivity contribution >= 4 is 16.8 Å². The Bertz CT molecular complexity index is 725. The first-order valence-corrected chi connectivity index (χ1v) is 7.13. The number of nitrogens with one attached hydrogen (secondary N) is 2. The Hall–Kier alpha value is -2.21. The van der Waals surface area contributed by atoms with Crippen LogP contribution >= 0.6 is 0 Å². The highest BCUT2D eigenvalue weighted by Crippen LogP contribution is 2.18. The summed E-state index contributed by atoms with van der Waals surface area (Å²) in [6.07, 6.45) is 2.76. The van der Waals surface area contributed by atoms with Crippen molar-refractivity contribution in [1.82, 2.24) is 15.5 Å². The highest BCUT2D eigenvalue weighted by atomic mass is 16.3. The minimum Gasteiger partial charge on any atom is -0.391 e. The van der Waals surface area contributed by atoms with Crippen LogP contribution in [0.15, 0.2) is 29.1 Å². The third kappa shape index (κ3) is 2.67. The number of hydrogen-bond acceptors (Lipinski definition) is 4. The van der Waals surface area contributed by atoms with Gasteiger partial charge < -0.3 is 10.4 Å². The average Bonchev–Trinajstić information content (AvgIpc) is 2.50. The zero-order valence-corrected chi connectivity index (χ0v) is 11.5. The van der Waals surface area contributed by atoms with E-state index < -0.39 is 17.4 Å². The highest BCUT2D eigenvalue weighted by Gasteiger charge is 2.26. The van der Waals surface area contributed by atoms with Gasteiger partial charge in [0.1, 0.15) is 0 Å². The lowest BCUT2D eigenvalue weighted by Gasteiger charge is -2.28. The van der Waals surface area contributed by atoms with Crippen LogP contribution in [0.1, 0.15) is 36.2 Å². The number of benzene rings is 1. The predicted octanol–water partition coefficient (Wildman–Crippen LogP) is 0.956. The van der Waals surface area contributed by atoms with Crippen LogP contribution in [0, 0.1) is 0 Å². The zero-order valence-electron chi connectivity index (χ0n) is 11.5. The summed E-state index contributed by atoms with van der Waals surface area (Å²) in [7, 11) is 0. The van der Waals surface area contributed by atoms with Crippen molar-refractivity contribution < 1.29 is 9.90 Å². The normalized spacial score (nSPS) is 22.1. The van der Waals surface area contributed by atoms with E-state index in [9.17, 15) is 14.7 Å². The first-order valence-electron chi connectivity index (χ1n) is 7.13. The summed E-state index contributed by atoms with van der Waals surface area (Å²) in [5, 5.41) is 19.6. The van der Waals surface area contributed by atoms with Crippen molar-refractivity contribution in [3.05, 3.63) is 40.2 Å². The fourth-order valence-corrected chi connectivity index (χ4v) is 2.74. The maximum Gasteiger partial charge on any atom is 0.276 e. The fraction of sp³-hybridized carbons (Fsp3) is 0.400. The van der Waals surface area contributed by atoms with E-state index in [1.165, 1.54) is 0 Å². The molecule has 6 heteroatoms. The fourth-order valence-electron chi connectivity index (χ4n) is 2.74. The van der Waals surface area contributed by atoms with Crippen LogP contribution in [0.25, 0.3) is 10.9 Å². The molecule has 1 aliphatic carbocycles. The quantitative estimate of drug-likeness (QED) is 0.766. The van der Waals surface area contributed by atoms with Crippen LogP contribution < -0.4 is 10.7 Å². The molecule has 0 spiro atoms. The van der Waals surface area contributed by atoms with Gasteiger partial charge in [0.05, 0.1) is 17.7 Å². The van der Waals surface area contributed by atoms with Crippen LogP contribution in [-0.2, 0) is 0 Å². The average molecular weight is 287 g/mol. The number of para-hydroxylation sites is 1. The molecule has 1 aromatic carbocycles. The van der Waals surface area contributed by atoms with Gasteiger partial charge in [0.2, 0.25) is 5.43 Å². The molecule has 0 bridgehead atoms. The molecule has 2 unspecified atom stereocenters. The van der Waals surface area contributed by atoms with Gasteiger partial charge in [-0.3, -0.25) is 14.7 Å². The summed E-state index contributed by atoms with van der Waals surface area (Å²) in [5.74, 6) is -0.534. The number of carbonyl (C=O) groups excluding carboxylic acids is 1. The molecule has 6 nitrogen and oxygen atoms in total. The molecule has 0 saturated heterocycles. The van der Waals surface area contributed by atoms with E-state index >= 15 is 0 Å². The number of aromatic nitrogens is 2.